The number of amides is 1. The van der Waals surface area contributed by atoms with Crippen molar-refractivity contribution >= 4 is 25.7 Å². The smallest absolute Gasteiger partial charge is 0.472 e. The van der Waals surface area contributed by atoms with Gasteiger partial charge in [-0.15, -0.1) is 0 Å². The van der Waals surface area contributed by atoms with Crippen LogP contribution in [0.4, 0.5) is 0 Å². The van der Waals surface area contributed by atoms with Gasteiger partial charge in [0.15, 0.2) is 6.04 Å². The first-order chi connectivity index (χ1) is 32.1. The maximum absolute atomic E-state index is 12.4. The summed E-state index contributed by atoms with van der Waals surface area (Å²) in [5.74, 6) is -2.38. The molecule has 1 amide bonds. The molecule has 0 bridgehead atoms. The van der Waals surface area contributed by atoms with Crippen molar-refractivity contribution in [3.8, 4) is 0 Å². The van der Waals surface area contributed by atoms with Crippen LogP contribution in [0, 0.1) is 0 Å². The Kier molecular flexibility index (Phi) is 47.0. The van der Waals surface area contributed by atoms with E-state index in [1.165, 1.54) is 141 Å². The molecule has 0 heterocycles. The van der Waals surface area contributed by atoms with Crippen LogP contribution in [0.5, 0.6) is 0 Å². The Morgan fingerprint density at radius 2 is 0.833 bits per heavy atom. The van der Waals surface area contributed by atoms with E-state index in [0.29, 0.717) is 12.8 Å². The minimum absolute atomic E-state index is 0.136. The van der Waals surface area contributed by atoms with Crippen molar-refractivity contribution in [3.63, 3.8) is 0 Å². The van der Waals surface area contributed by atoms with Crippen molar-refractivity contribution in [2.24, 2.45) is 0 Å². The standard InChI is InChI=1S/C54H98NO10P/c1-3-5-7-9-11-13-15-17-19-21-23-25-27-29-31-33-35-37-39-41-43-45-52(57)55-51(54(59)60)49-65-66(61,62)64-48-50(56)47-63-53(58)46-44-42-40-38-36-34-32-30-28-26-24-22-20-18-16-14-12-10-8-6-4-2/h11,13,17-20,23,25,50-51,56H,3-10,12,14-16,21-22,24,26-49H2,1-2H3,(H,55,57)(H,59,60)(H,61,62)/b13-11-,19-17-,20-18+,25-23-. The number of rotatable bonds is 50. The highest BCUT2D eigenvalue weighted by molar-refractivity contribution is 7.47. The monoisotopic (exact) mass is 952 g/mol. The number of esters is 1. The lowest BCUT2D eigenvalue weighted by Gasteiger charge is -2.18. The first kappa shape index (κ1) is 63.4. The minimum atomic E-state index is -4.77. The van der Waals surface area contributed by atoms with Crippen LogP contribution in [0.25, 0.3) is 0 Å². The Bertz CT molecular complexity index is 1300. The van der Waals surface area contributed by atoms with E-state index >= 15 is 0 Å². The number of aliphatic hydroxyl groups is 1. The highest BCUT2D eigenvalue weighted by Gasteiger charge is 2.28. The van der Waals surface area contributed by atoms with Crippen LogP contribution in [0.3, 0.4) is 0 Å². The third-order valence-corrected chi connectivity index (χ3v) is 12.5. The number of phosphoric ester groups is 1. The lowest BCUT2D eigenvalue weighted by atomic mass is 10.0. The number of nitrogens with one attached hydrogen (secondary N) is 1. The third-order valence-electron chi connectivity index (χ3n) is 11.6. The third kappa shape index (κ3) is 47.9. The number of allylic oxidation sites excluding steroid dienone is 8. The first-order valence-electron chi connectivity index (χ1n) is 26.7. The van der Waals surface area contributed by atoms with Gasteiger partial charge >= 0.3 is 19.8 Å². The normalized spacial score (nSPS) is 13.9. The molecule has 66 heavy (non-hydrogen) atoms. The molecule has 3 unspecified atom stereocenters. The number of carboxylic acid groups (broad SMARTS) is 1. The average molecular weight is 952 g/mol. The van der Waals surface area contributed by atoms with Crippen LogP contribution in [-0.2, 0) is 32.7 Å². The van der Waals surface area contributed by atoms with Crippen molar-refractivity contribution in [2.45, 2.75) is 257 Å². The molecule has 0 aromatic carbocycles. The maximum atomic E-state index is 12.4. The molecule has 0 aromatic rings. The predicted octanol–water partition coefficient (Wildman–Crippen LogP) is 14.9. The van der Waals surface area contributed by atoms with Crippen molar-refractivity contribution in [3.05, 3.63) is 48.6 Å². The van der Waals surface area contributed by atoms with Crippen molar-refractivity contribution in [1.29, 1.82) is 0 Å². The van der Waals surface area contributed by atoms with E-state index < -0.39 is 57.6 Å². The number of hydrogen-bond donors (Lipinski definition) is 4. The van der Waals surface area contributed by atoms with E-state index in [1.54, 1.807) is 0 Å². The number of hydrogen-bond acceptors (Lipinski definition) is 8. The molecule has 0 aromatic heterocycles. The molecule has 0 aliphatic rings. The first-order valence-corrected chi connectivity index (χ1v) is 28.2. The summed E-state index contributed by atoms with van der Waals surface area (Å²) >= 11 is 0. The van der Waals surface area contributed by atoms with E-state index in [4.69, 9.17) is 13.8 Å². The van der Waals surface area contributed by atoms with Gasteiger partial charge in [-0.1, -0.05) is 204 Å². The zero-order valence-electron chi connectivity index (χ0n) is 42.0. The lowest BCUT2D eigenvalue weighted by molar-refractivity contribution is -0.147. The molecule has 3 atom stereocenters. The number of unbranched alkanes of at least 4 members (excludes halogenated alkanes) is 28. The molecule has 0 aliphatic carbocycles. The summed E-state index contributed by atoms with van der Waals surface area (Å²) in [7, 11) is -4.77. The molecular formula is C54H98NO10P. The molecule has 0 saturated heterocycles. The van der Waals surface area contributed by atoms with Gasteiger partial charge in [-0.2, -0.15) is 0 Å². The molecule has 12 heteroatoms. The van der Waals surface area contributed by atoms with Gasteiger partial charge in [0.25, 0.3) is 0 Å². The number of aliphatic hydroxyl groups excluding tert-OH is 1. The molecule has 0 radical (unpaired) electrons. The topological polar surface area (TPSA) is 169 Å². The fraction of sp³-hybridized carbons (Fsp3) is 0.796. The molecule has 0 fully saturated rings. The number of carbonyl (C=O) groups excluding carboxylic acids is 2. The second-order valence-corrected chi connectivity index (χ2v) is 19.5. The van der Waals surface area contributed by atoms with Crippen molar-refractivity contribution < 1.29 is 47.8 Å². The molecule has 384 valence electrons. The summed E-state index contributed by atoms with van der Waals surface area (Å²) in [5, 5.41) is 21.9. The number of phosphoric acid groups is 1. The Labute approximate surface area is 403 Å². The van der Waals surface area contributed by atoms with Gasteiger partial charge in [0.05, 0.1) is 13.2 Å². The van der Waals surface area contributed by atoms with E-state index in [2.05, 4.69) is 67.8 Å². The van der Waals surface area contributed by atoms with Gasteiger partial charge in [-0.25, -0.2) is 9.36 Å². The van der Waals surface area contributed by atoms with Gasteiger partial charge in [0.2, 0.25) is 5.91 Å². The molecule has 0 saturated carbocycles. The zero-order valence-corrected chi connectivity index (χ0v) is 42.9. The van der Waals surface area contributed by atoms with Gasteiger partial charge in [0, 0.05) is 12.8 Å². The Balaban J connectivity index is 3.82. The summed E-state index contributed by atoms with van der Waals surface area (Å²) in [6.07, 6.45) is 57.0. The Hall–Kier alpha value is -2.56. The largest absolute Gasteiger partial charge is 0.480 e. The average Bonchev–Trinajstić information content (AvgIpc) is 3.29. The van der Waals surface area contributed by atoms with Crippen LogP contribution < -0.4 is 5.32 Å². The number of carbonyl (C=O) groups is 3. The fourth-order valence-electron chi connectivity index (χ4n) is 7.44. The Morgan fingerprint density at radius 1 is 0.485 bits per heavy atom. The molecule has 0 rings (SSSR count). The van der Waals surface area contributed by atoms with Gasteiger partial charge in [0.1, 0.15) is 12.7 Å². The van der Waals surface area contributed by atoms with Crippen molar-refractivity contribution in [2.75, 3.05) is 19.8 Å². The summed E-state index contributed by atoms with van der Waals surface area (Å²) in [6.45, 7) is 2.59. The second kappa shape index (κ2) is 48.9. The summed E-state index contributed by atoms with van der Waals surface area (Å²) < 4.78 is 27.0. The van der Waals surface area contributed by atoms with Crippen LogP contribution in [-0.4, -0.2) is 64.9 Å². The number of carboxylic acids is 1. The molecule has 0 spiro atoms. The predicted molar refractivity (Wildman–Crippen MR) is 272 cm³/mol. The number of ether oxygens (including phenoxy) is 1. The molecule has 0 aliphatic heterocycles. The van der Waals surface area contributed by atoms with Crippen molar-refractivity contribution in [1.82, 2.24) is 5.32 Å². The van der Waals surface area contributed by atoms with E-state index in [9.17, 15) is 34.1 Å². The number of aliphatic carboxylic acids is 1. The van der Waals surface area contributed by atoms with Crippen LogP contribution >= 0.6 is 7.82 Å². The van der Waals surface area contributed by atoms with Gasteiger partial charge < -0.3 is 25.2 Å². The van der Waals surface area contributed by atoms with Gasteiger partial charge in [-0.3, -0.25) is 18.6 Å². The quantitative estimate of drug-likeness (QED) is 0.0199. The summed E-state index contributed by atoms with van der Waals surface area (Å²) in [5.41, 5.74) is 0. The Morgan fingerprint density at radius 3 is 1.29 bits per heavy atom. The maximum Gasteiger partial charge on any atom is 0.472 e. The zero-order chi connectivity index (χ0) is 48.4. The summed E-state index contributed by atoms with van der Waals surface area (Å²) in [6, 6.07) is -1.55. The second-order valence-electron chi connectivity index (χ2n) is 18.1. The van der Waals surface area contributed by atoms with E-state index in [0.717, 1.165) is 64.2 Å². The highest BCUT2D eigenvalue weighted by atomic mass is 31.2. The van der Waals surface area contributed by atoms with E-state index in [-0.39, 0.29) is 12.8 Å². The van der Waals surface area contributed by atoms with Gasteiger partial charge in [-0.05, 0) is 77.0 Å². The van der Waals surface area contributed by atoms with E-state index in [1.807, 2.05) is 0 Å². The van der Waals surface area contributed by atoms with Crippen LogP contribution in [0.15, 0.2) is 48.6 Å². The van der Waals surface area contributed by atoms with Crippen LogP contribution in [0.1, 0.15) is 245 Å². The molecule has 11 nitrogen and oxygen atoms in total. The van der Waals surface area contributed by atoms with Crippen LogP contribution in [0.2, 0.25) is 0 Å². The molecular weight excluding hydrogens is 854 g/mol. The molecule has 4 N–H and O–H groups in total. The minimum Gasteiger partial charge on any atom is -0.480 e. The summed E-state index contributed by atoms with van der Waals surface area (Å²) in [4.78, 5) is 46.2. The lowest BCUT2D eigenvalue weighted by Crippen LogP contribution is -2.43. The SMILES string of the molecule is CCCCC/C=C\C/C=C\C/C=C\CCCCCCCCCCC(=O)NC(COP(=O)(O)OCC(O)COC(=O)CCCCCCCCCCCCC/C=C/CCCCCCCC)C(=O)O. The highest BCUT2D eigenvalue weighted by Crippen LogP contribution is 2.43. The fourth-order valence-corrected chi connectivity index (χ4v) is 8.21.